The van der Waals surface area contributed by atoms with Crippen molar-refractivity contribution in [1.29, 1.82) is 0 Å². The zero-order valence-electron chi connectivity index (χ0n) is 16.0. The summed E-state index contributed by atoms with van der Waals surface area (Å²) in [5.74, 6) is -0.235. The Hall–Kier alpha value is -2.24. The van der Waals surface area contributed by atoms with Crippen LogP contribution in [0.25, 0.3) is 0 Å². The van der Waals surface area contributed by atoms with Crippen molar-refractivity contribution in [2.45, 2.75) is 42.7 Å². The minimum atomic E-state index is -3.68. The summed E-state index contributed by atoms with van der Waals surface area (Å²) in [6, 6.07) is -0.385. The van der Waals surface area contributed by atoms with Crippen molar-refractivity contribution >= 4 is 15.9 Å². The lowest BCUT2D eigenvalue weighted by molar-refractivity contribution is -0.127. The van der Waals surface area contributed by atoms with E-state index >= 15 is 0 Å². The molecule has 0 radical (unpaired) electrons. The molecule has 0 aliphatic heterocycles. The molecule has 1 fully saturated rings. The van der Waals surface area contributed by atoms with Gasteiger partial charge in [0.1, 0.15) is 4.90 Å². The van der Waals surface area contributed by atoms with E-state index in [0.29, 0.717) is 32.2 Å². The molecule has 0 bridgehead atoms. The Kier molecular flexibility index (Phi) is 6.47. The van der Waals surface area contributed by atoms with Crippen molar-refractivity contribution < 1.29 is 17.9 Å². The lowest BCUT2D eigenvalue weighted by Crippen LogP contribution is -2.49. The van der Waals surface area contributed by atoms with Gasteiger partial charge in [0.15, 0.2) is 0 Å². The third-order valence-corrected chi connectivity index (χ3v) is 6.46. The van der Waals surface area contributed by atoms with Crippen LogP contribution in [-0.2, 0) is 33.0 Å². The number of sulfonamides is 1. The first-order valence-corrected chi connectivity index (χ1v) is 10.7. The zero-order valence-corrected chi connectivity index (χ0v) is 16.8. The van der Waals surface area contributed by atoms with E-state index in [1.54, 1.807) is 19.6 Å². The van der Waals surface area contributed by atoms with E-state index in [1.165, 1.54) is 24.2 Å². The van der Waals surface area contributed by atoms with Crippen LogP contribution in [0.5, 0.6) is 0 Å². The molecule has 1 amide bonds. The second kappa shape index (κ2) is 8.84. The Balaban J connectivity index is 1.53. The van der Waals surface area contributed by atoms with Crippen molar-refractivity contribution in [2.24, 2.45) is 13.0 Å². The SMILES string of the molecule is CO[C@H]1C[C@@H](C(=O)NCCc2cnc[nH]2)CC[C@@H]1NS(=O)(=O)c1cnn(C)c1. The summed E-state index contributed by atoms with van der Waals surface area (Å²) in [7, 11) is -0.486. The third kappa shape index (κ3) is 4.97. The van der Waals surface area contributed by atoms with Crippen molar-refractivity contribution in [3.63, 3.8) is 0 Å². The van der Waals surface area contributed by atoms with Gasteiger partial charge in [-0.25, -0.2) is 18.1 Å². The summed E-state index contributed by atoms with van der Waals surface area (Å²) < 4.78 is 34.7. The Bertz CT molecular complexity index is 879. The first-order chi connectivity index (χ1) is 13.4. The van der Waals surface area contributed by atoms with E-state index in [1.807, 2.05) is 0 Å². The maximum absolute atomic E-state index is 12.5. The number of nitrogens with one attached hydrogen (secondary N) is 3. The molecule has 2 aromatic heterocycles. The molecule has 3 atom stereocenters. The molecule has 3 N–H and O–H groups in total. The van der Waals surface area contributed by atoms with Crippen molar-refractivity contribution in [2.75, 3.05) is 13.7 Å². The molecule has 1 aliphatic rings. The van der Waals surface area contributed by atoms with Crippen molar-refractivity contribution in [3.05, 3.63) is 30.6 Å². The molecule has 11 heteroatoms. The monoisotopic (exact) mass is 410 g/mol. The second-order valence-corrected chi connectivity index (χ2v) is 8.69. The average Bonchev–Trinajstić information content (AvgIpc) is 3.33. The summed E-state index contributed by atoms with van der Waals surface area (Å²) in [6.07, 6.45) is 7.98. The van der Waals surface area contributed by atoms with Gasteiger partial charge in [0.05, 0.1) is 18.6 Å². The fourth-order valence-electron chi connectivity index (χ4n) is 3.45. The van der Waals surface area contributed by atoms with E-state index < -0.39 is 10.0 Å². The third-order valence-electron chi connectivity index (χ3n) is 5.01. The Labute approximate surface area is 164 Å². The highest BCUT2D eigenvalue weighted by Crippen LogP contribution is 2.28. The highest BCUT2D eigenvalue weighted by atomic mass is 32.2. The van der Waals surface area contributed by atoms with Crippen LogP contribution in [0.15, 0.2) is 29.8 Å². The Morgan fingerprint density at radius 1 is 1.39 bits per heavy atom. The largest absolute Gasteiger partial charge is 0.380 e. The molecule has 0 unspecified atom stereocenters. The topological polar surface area (TPSA) is 131 Å². The molecule has 2 heterocycles. The van der Waals surface area contributed by atoms with Gasteiger partial charge in [-0.05, 0) is 19.3 Å². The van der Waals surface area contributed by atoms with Crippen LogP contribution >= 0.6 is 0 Å². The highest BCUT2D eigenvalue weighted by Gasteiger charge is 2.36. The van der Waals surface area contributed by atoms with E-state index in [-0.39, 0.29) is 28.9 Å². The minimum Gasteiger partial charge on any atom is -0.380 e. The molecular weight excluding hydrogens is 384 g/mol. The first kappa shape index (κ1) is 20.5. The predicted octanol–water partition coefficient (Wildman–Crippen LogP) is -0.0359. The maximum Gasteiger partial charge on any atom is 0.244 e. The first-order valence-electron chi connectivity index (χ1n) is 9.18. The number of carbonyl (C=O) groups excluding carboxylic acids is 1. The van der Waals surface area contributed by atoms with Gasteiger partial charge in [-0.1, -0.05) is 0 Å². The smallest absolute Gasteiger partial charge is 0.244 e. The lowest BCUT2D eigenvalue weighted by Gasteiger charge is -2.34. The van der Waals surface area contributed by atoms with Gasteiger partial charge in [-0.2, -0.15) is 5.10 Å². The summed E-state index contributed by atoms with van der Waals surface area (Å²) >= 11 is 0. The molecule has 1 saturated carbocycles. The van der Waals surface area contributed by atoms with Crippen LogP contribution in [0.4, 0.5) is 0 Å². The molecule has 3 rings (SSSR count). The fourth-order valence-corrected chi connectivity index (χ4v) is 4.74. The second-order valence-electron chi connectivity index (χ2n) is 6.98. The number of rotatable bonds is 8. The number of H-pyrrole nitrogens is 1. The van der Waals surface area contributed by atoms with Gasteiger partial charge in [-0.3, -0.25) is 9.48 Å². The molecule has 0 aromatic carbocycles. The average molecular weight is 411 g/mol. The minimum absolute atomic E-state index is 0.0323. The number of aromatic nitrogens is 4. The number of carbonyl (C=O) groups is 1. The molecule has 0 saturated heterocycles. The summed E-state index contributed by atoms with van der Waals surface area (Å²) in [6.45, 7) is 0.520. The van der Waals surface area contributed by atoms with Crippen LogP contribution in [0.3, 0.4) is 0 Å². The van der Waals surface area contributed by atoms with Gasteiger partial charge in [-0.15, -0.1) is 0 Å². The number of nitrogens with zero attached hydrogens (tertiary/aromatic N) is 3. The molecule has 154 valence electrons. The number of methoxy groups -OCH3 is 1. The number of hydrogen-bond donors (Lipinski definition) is 3. The molecule has 1 aliphatic carbocycles. The highest BCUT2D eigenvalue weighted by molar-refractivity contribution is 7.89. The van der Waals surface area contributed by atoms with E-state index in [2.05, 4.69) is 25.1 Å². The number of imidazole rings is 1. The van der Waals surface area contributed by atoms with Crippen LogP contribution in [0.2, 0.25) is 0 Å². The van der Waals surface area contributed by atoms with Gasteiger partial charge in [0, 0.05) is 57.2 Å². The standard InChI is InChI=1S/C17H26N6O4S/c1-23-10-14(9-21-23)28(25,26)22-15-4-3-12(7-16(15)27-2)17(24)19-6-5-13-8-18-11-20-13/h8-12,15-16,22H,3-7H2,1-2H3,(H,18,20)(H,19,24)/t12-,15-,16-/m0/s1. The van der Waals surface area contributed by atoms with Crippen molar-refractivity contribution in [3.8, 4) is 0 Å². The summed E-state index contributed by atoms with van der Waals surface area (Å²) in [5, 5.41) is 6.84. The van der Waals surface area contributed by atoms with E-state index in [0.717, 1.165) is 5.69 Å². The quantitative estimate of drug-likeness (QED) is 0.560. The number of amides is 1. The fraction of sp³-hybridized carbons (Fsp3) is 0.588. The molecular formula is C17H26N6O4S. The van der Waals surface area contributed by atoms with E-state index in [9.17, 15) is 13.2 Å². The normalized spacial score (nSPS) is 22.9. The Morgan fingerprint density at radius 2 is 2.21 bits per heavy atom. The maximum atomic E-state index is 12.5. The van der Waals surface area contributed by atoms with Gasteiger partial charge < -0.3 is 15.0 Å². The van der Waals surface area contributed by atoms with Gasteiger partial charge >= 0.3 is 0 Å². The molecule has 2 aromatic rings. The number of hydrogen-bond acceptors (Lipinski definition) is 6. The molecule has 28 heavy (non-hydrogen) atoms. The van der Waals surface area contributed by atoms with Crippen LogP contribution < -0.4 is 10.0 Å². The molecule has 10 nitrogen and oxygen atoms in total. The van der Waals surface area contributed by atoms with E-state index in [4.69, 9.17) is 4.74 Å². The summed E-state index contributed by atoms with van der Waals surface area (Å²) in [4.78, 5) is 19.5. The number of ether oxygens (including phenoxy) is 1. The van der Waals surface area contributed by atoms with Gasteiger partial charge in [0.25, 0.3) is 0 Å². The lowest BCUT2D eigenvalue weighted by atomic mass is 9.83. The predicted molar refractivity (Wildman–Crippen MR) is 101 cm³/mol. The summed E-state index contributed by atoms with van der Waals surface area (Å²) in [5.41, 5.74) is 0.962. The van der Waals surface area contributed by atoms with Crippen molar-refractivity contribution in [1.82, 2.24) is 29.8 Å². The molecule has 0 spiro atoms. The van der Waals surface area contributed by atoms with Crippen LogP contribution in [0.1, 0.15) is 25.0 Å². The number of aromatic amines is 1. The van der Waals surface area contributed by atoms with Gasteiger partial charge in [0.2, 0.25) is 15.9 Å². The van der Waals surface area contributed by atoms with Crippen LogP contribution in [0, 0.1) is 5.92 Å². The zero-order chi connectivity index (χ0) is 20.1. The van der Waals surface area contributed by atoms with Crippen LogP contribution in [-0.4, -0.2) is 59.9 Å². The number of aryl methyl sites for hydroxylation is 1. The Morgan fingerprint density at radius 3 is 2.86 bits per heavy atom.